The zero-order valence-electron chi connectivity index (χ0n) is 18.2. The Labute approximate surface area is 188 Å². The van der Waals surface area contributed by atoms with Crippen LogP contribution in [-0.2, 0) is 23.0 Å². The number of amides is 2. The number of oxazole rings is 1. The van der Waals surface area contributed by atoms with Crippen molar-refractivity contribution in [2.24, 2.45) is 13.0 Å². The number of alkyl carbamates (subject to hydrolysis) is 1. The lowest BCUT2D eigenvalue weighted by Gasteiger charge is -2.14. The van der Waals surface area contributed by atoms with E-state index in [1.165, 1.54) is 4.57 Å². The molecule has 3 fully saturated rings. The van der Waals surface area contributed by atoms with Crippen LogP contribution in [0.4, 0.5) is 10.6 Å². The molecule has 172 valence electrons. The third-order valence-corrected chi connectivity index (χ3v) is 7.25. The number of H-pyrrole nitrogens is 1. The van der Waals surface area contributed by atoms with Gasteiger partial charge in [0.05, 0.1) is 11.9 Å². The van der Waals surface area contributed by atoms with Crippen LogP contribution in [0, 0.1) is 5.92 Å². The van der Waals surface area contributed by atoms with Gasteiger partial charge in [0.25, 0.3) is 0 Å². The number of nitrogens with one attached hydrogen (secondary N) is 3. The van der Waals surface area contributed by atoms with E-state index in [9.17, 15) is 14.4 Å². The van der Waals surface area contributed by atoms with Crippen molar-refractivity contribution >= 4 is 28.9 Å². The minimum Gasteiger partial charge on any atom is -0.446 e. The fraction of sp³-hybridized carbons (Fsp3) is 0.478. The fourth-order valence-electron chi connectivity index (χ4n) is 4.94. The Bertz CT molecular complexity index is 1310. The van der Waals surface area contributed by atoms with Crippen molar-refractivity contribution in [1.29, 1.82) is 0 Å². The SMILES string of the molecule is Cn1c(=O)oc2c(CC(=O)Nc3cc(C4CC[C@H](OC(=O)NC56CC5C6)C4)[nH]n3)cccc21. The van der Waals surface area contributed by atoms with E-state index in [0.717, 1.165) is 37.8 Å². The largest absolute Gasteiger partial charge is 0.446 e. The van der Waals surface area contributed by atoms with Crippen molar-refractivity contribution in [2.75, 3.05) is 5.32 Å². The second kappa shape index (κ2) is 7.23. The summed E-state index contributed by atoms with van der Waals surface area (Å²) in [5.41, 5.74) is 2.69. The van der Waals surface area contributed by atoms with Gasteiger partial charge in [0, 0.05) is 35.8 Å². The number of rotatable bonds is 6. The summed E-state index contributed by atoms with van der Waals surface area (Å²) in [6.45, 7) is 0. The molecule has 1 unspecified atom stereocenters. The quantitative estimate of drug-likeness (QED) is 0.528. The number of hydrogen-bond acceptors (Lipinski definition) is 6. The molecule has 3 N–H and O–H groups in total. The summed E-state index contributed by atoms with van der Waals surface area (Å²) in [4.78, 5) is 36.5. The van der Waals surface area contributed by atoms with Crippen molar-refractivity contribution in [3.8, 4) is 0 Å². The van der Waals surface area contributed by atoms with Crippen molar-refractivity contribution in [3.63, 3.8) is 0 Å². The first-order valence-electron chi connectivity index (χ1n) is 11.3. The second-order valence-electron chi connectivity index (χ2n) is 9.55. The third kappa shape index (κ3) is 3.69. The molecule has 1 aromatic carbocycles. The fourth-order valence-corrected chi connectivity index (χ4v) is 4.94. The lowest BCUT2D eigenvalue weighted by atomic mass is 10.0. The molecule has 0 bridgehead atoms. The van der Waals surface area contributed by atoms with Crippen LogP contribution in [-0.4, -0.2) is 38.4 Å². The van der Waals surface area contributed by atoms with E-state index in [0.29, 0.717) is 28.4 Å². The molecule has 2 amide bonds. The highest BCUT2D eigenvalue weighted by atomic mass is 16.6. The third-order valence-electron chi connectivity index (χ3n) is 7.25. The molecule has 33 heavy (non-hydrogen) atoms. The molecule has 2 heterocycles. The molecule has 3 saturated carbocycles. The smallest absolute Gasteiger partial charge is 0.419 e. The molecular weight excluding hydrogens is 426 g/mol. The first kappa shape index (κ1) is 20.1. The van der Waals surface area contributed by atoms with Crippen LogP contribution in [0.2, 0.25) is 0 Å². The minimum atomic E-state index is -0.463. The lowest BCUT2D eigenvalue weighted by molar-refractivity contribution is -0.115. The number of benzene rings is 1. The maximum absolute atomic E-state index is 12.6. The average molecular weight is 451 g/mol. The Hall–Kier alpha value is -3.56. The first-order chi connectivity index (χ1) is 15.9. The van der Waals surface area contributed by atoms with E-state index < -0.39 is 5.76 Å². The Morgan fingerprint density at radius 1 is 1.33 bits per heavy atom. The number of fused-ring (bicyclic) bond motifs is 2. The Balaban J connectivity index is 1.05. The van der Waals surface area contributed by atoms with Gasteiger partial charge in [0.1, 0.15) is 6.10 Å². The highest BCUT2D eigenvalue weighted by Crippen LogP contribution is 2.66. The van der Waals surface area contributed by atoms with Crippen molar-refractivity contribution in [3.05, 3.63) is 46.1 Å². The van der Waals surface area contributed by atoms with Gasteiger partial charge in [-0.2, -0.15) is 5.10 Å². The van der Waals surface area contributed by atoms with Gasteiger partial charge in [-0.3, -0.25) is 14.5 Å². The molecule has 3 aliphatic rings. The van der Waals surface area contributed by atoms with Gasteiger partial charge in [0.2, 0.25) is 5.91 Å². The number of anilines is 1. The van der Waals surface area contributed by atoms with Gasteiger partial charge in [-0.05, 0) is 44.1 Å². The second-order valence-corrected chi connectivity index (χ2v) is 9.55. The number of nitrogens with zero attached hydrogens (tertiary/aromatic N) is 2. The molecule has 10 heteroatoms. The van der Waals surface area contributed by atoms with Crippen LogP contribution in [0.5, 0.6) is 0 Å². The van der Waals surface area contributed by atoms with E-state index in [-0.39, 0.29) is 36.0 Å². The normalized spacial score (nSPS) is 27.2. The summed E-state index contributed by atoms with van der Waals surface area (Å²) in [5.74, 6) is 0.593. The number of carbonyl (C=O) groups excluding carboxylic acids is 2. The molecule has 3 aliphatic carbocycles. The number of aryl methyl sites for hydroxylation is 1. The summed E-state index contributed by atoms with van der Waals surface area (Å²) in [5, 5.41) is 13.0. The van der Waals surface area contributed by atoms with Crippen LogP contribution in [0.3, 0.4) is 0 Å². The van der Waals surface area contributed by atoms with Crippen LogP contribution in [0.25, 0.3) is 11.1 Å². The van der Waals surface area contributed by atoms with Gasteiger partial charge in [-0.25, -0.2) is 9.59 Å². The molecule has 2 aromatic heterocycles. The maximum atomic E-state index is 12.6. The molecule has 0 spiro atoms. The summed E-state index contributed by atoms with van der Waals surface area (Å²) in [6, 6.07) is 7.16. The molecule has 2 atom stereocenters. The minimum absolute atomic E-state index is 0.0588. The van der Waals surface area contributed by atoms with Gasteiger partial charge < -0.3 is 19.8 Å². The highest BCUT2D eigenvalue weighted by molar-refractivity contribution is 5.93. The topological polar surface area (TPSA) is 131 Å². The maximum Gasteiger partial charge on any atom is 0.419 e. The number of para-hydroxylation sites is 1. The predicted molar refractivity (Wildman–Crippen MR) is 118 cm³/mol. The Morgan fingerprint density at radius 2 is 2.15 bits per heavy atom. The first-order valence-corrected chi connectivity index (χ1v) is 11.3. The zero-order valence-corrected chi connectivity index (χ0v) is 18.2. The predicted octanol–water partition coefficient (Wildman–Crippen LogP) is 2.56. The van der Waals surface area contributed by atoms with Gasteiger partial charge in [-0.15, -0.1) is 0 Å². The van der Waals surface area contributed by atoms with Gasteiger partial charge in [0.15, 0.2) is 11.4 Å². The van der Waals surface area contributed by atoms with Gasteiger partial charge in [-0.1, -0.05) is 12.1 Å². The average Bonchev–Trinajstić information content (AvgIpc) is 3.32. The standard InChI is InChI=1S/C23H25N5O5/c1-28-17-4-2-3-13(20(17)33-22(28)31)8-19(29)24-18-9-16(26-27-18)12-5-6-15(7-12)32-21(30)25-23-10-14(23)11-23/h2-4,9,12,14-15H,5-8,10-11H2,1H3,(H,25,30)(H2,24,26,27,29)/t12?,14?,15-,23?/m0/s1. The molecule has 0 aliphatic heterocycles. The zero-order chi connectivity index (χ0) is 22.7. The number of hydrogen-bond donors (Lipinski definition) is 3. The van der Waals surface area contributed by atoms with E-state index >= 15 is 0 Å². The molecule has 3 aromatic rings. The summed E-state index contributed by atoms with van der Waals surface area (Å²) in [7, 11) is 1.63. The van der Waals surface area contributed by atoms with Gasteiger partial charge >= 0.3 is 11.8 Å². The number of aromatic amines is 1. The van der Waals surface area contributed by atoms with E-state index in [1.54, 1.807) is 25.2 Å². The molecule has 0 radical (unpaired) electrons. The van der Waals surface area contributed by atoms with Crippen LogP contribution < -0.4 is 16.4 Å². The highest BCUT2D eigenvalue weighted by Gasteiger charge is 2.71. The summed E-state index contributed by atoms with van der Waals surface area (Å²) < 4.78 is 12.3. The van der Waals surface area contributed by atoms with E-state index in [4.69, 9.17) is 9.15 Å². The van der Waals surface area contributed by atoms with Crippen molar-refractivity contribution in [1.82, 2.24) is 20.1 Å². The Kier molecular flexibility index (Phi) is 4.40. The van der Waals surface area contributed by atoms with Crippen molar-refractivity contribution < 1.29 is 18.7 Å². The van der Waals surface area contributed by atoms with Crippen LogP contribution in [0.15, 0.2) is 33.5 Å². The summed E-state index contributed by atoms with van der Waals surface area (Å²) >= 11 is 0. The molecule has 6 rings (SSSR count). The number of ether oxygens (including phenoxy) is 1. The number of carbonyl (C=O) groups is 2. The van der Waals surface area contributed by atoms with E-state index in [1.807, 2.05) is 6.07 Å². The van der Waals surface area contributed by atoms with E-state index in [2.05, 4.69) is 20.8 Å². The van der Waals surface area contributed by atoms with Crippen molar-refractivity contribution in [2.45, 2.75) is 56.1 Å². The number of aromatic nitrogens is 3. The monoisotopic (exact) mass is 451 g/mol. The molecule has 0 saturated heterocycles. The molecular formula is C23H25N5O5. The summed E-state index contributed by atoms with van der Waals surface area (Å²) in [6.07, 6.45) is 4.25. The van der Waals surface area contributed by atoms with Crippen LogP contribution >= 0.6 is 0 Å². The lowest BCUT2D eigenvalue weighted by Crippen LogP contribution is -2.33. The molecule has 10 nitrogen and oxygen atoms in total. The van der Waals surface area contributed by atoms with Crippen LogP contribution in [0.1, 0.15) is 49.3 Å². The Morgan fingerprint density at radius 3 is 2.94 bits per heavy atom.